The molecule has 2 aromatic rings. The third-order valence-corrected chi connectivity index (χ3v) is 2.95. The Labute approximate surface area is 108 Å². The molecule has 4 nitrogen and oxygen atoms in total. The molecule has 0 aliphatic heterocycles. The lowest BCUT2D eigenvalue weighted by Gasteiger charge is -2.20. The van der Waals surface area contributed by atoms with Crippen LogP contribution in [0.5, 0.6) is 0 Å². The van der Waals surface area contributed by atoms with Crippen LogP contribution in [0, 0.1) is 6.92 Å². The molecule has 0 aliphatic rings. The van der Waals surface area contributed by atoms with Crippen molar-refractivity contribution in [2.75, 3.05) is 0 Å². The van der Waals surface area contributed by atoms with Crippen molar-refractivity contribution >= 4 is 0 Å². The monoisotopic (exact) mass is 244 g/mol. The highest BCUT2D eigenvalue weighted by Crippen LogP contribution is 2.23. The molecule has 4 heteroatoms. The molecule has 0 saturated heterocycles. The number of aromatic nitrogens is 3. The third kappa shape index (κ3) is 2.43. The molecule has 96 valence electrons. The molecule has 0 radical (unpaired) electrons. The molecule has 0 saturated carbocycles. The number of nitrogens with zero attached hydrogens (tertiary/aromatic N) is 3. The molecule has 0 fully saturated rings. The van der Waals surface area contributed by atoms with Gasteiger partial charge >= 0.3 is 0 Å². The number of imidazole rings is 1. The first-order valence-electron chi connectivity index (χ1n) is 6.13. The van der Waals surface area contributed by atoms with E-state index < -0.39 is 0 Å². The Kier molecular flexibility index (Phi) is 3.22. The lowest BCUT2D eigenvalue weighted by Crippen LogP contribution is -2.16. The molecule has 0 spiro atoms. The van der Waals surface area contributed by atoms with Crippen LogP contribution in [0.3, 0.4) is 0 Å². The van der Waals surface area contributed by atoms with Crippen molar-refractivity contribution in [3.05, 3.63) is 41.6 Å². The number of rotatable bonds is 2. The molecule has 0 aromatic carbocycles. The van der Waals surface area contributed by atoms with Crippen LogP contribution in [0.4, 0.5) is 0 Å². The zero-order valence-electron chi connectivity index (χ0n) is 11.4. The van der Waals surface area contributed by atoms with E-state index in [2.05, 4.69) is 31.8 Å². The number of pyridine rings is 1. The van der Waals surface area contributed by atoms with Crippen LogP contribution in [-0.2, 0) is 12.0 Å². The van der Waals surface area contributed by atoms with Crippen LogP contribution in [0.1, 0.15) is 37.9 Å². The van der Waals surface area contributed by atoms with Gasteiger partial charge in [-0.2, -0.15) is 0 Å². The maximum Gasteiger partial charge on any atom is 0.138 e. The van der Waals surface area contributed by atoms with Crippen molar-refractivity contribution < 1.29 is 0 Å². The van der Waals surface area contributed by atoms with Gasteiger partial charge in [0.15, 0.2) is 0 Å². The molecule has 18 heavy (non-hydrogen) atoms. The Bertz CT molecular complexity index is 549. The summed E-state index contributed by atoms with van der Waals surface area (Å²) in [5, 5.41) is 0. The van der Waals surface area contributed by atoms with Crippen LogP contribution in [0.15, 0.2) is 24.5 Å². The topological polar surface area (TPSA) is 56.7 Å². The standard InChI is InChI=1S/C14H20N4/c1-10-16-5-6-18(10)13-8-11(9-15)7-12(17-13)14(2,3)4/h5-8H,9,15H2,1-4H3. The Morgan fingerprint density at radius 3 is 2.50 bits per heavy atom. The fraction of sp³-hybridized carbons (Fsp3) is 0.429. The fourth-order valence-corrected chi connectivity index (χ4v) is 1.82. The van der Waals surface area contributed by atoms with Gasteiger partial charge in [-0.15, -0.1) is 0 Å². The van der Waals surface area contributed by atoms with Gasteiger partial charge in [0.05, 0.1) is 0 Å². The van der Waals surface area contributed by atoms with Gasteiger partial charge in [-0.1, -0.05) is 20.8 Å². The highest BCUT2D eigenvalue weighted by molar-refractivity contribution is 5.34. The Hall–Kier alpha value is -1.68. The zero-order valence-corrected chi connectivity index (χ0v) is 11.4. The number of hydrogen-bond donors (Lipinski definition) is 1. The van der Waals surface area contributed by atoms with Crippen molar-refractivity contribution in [3.8, 4) is 5.82 Å². The van der Waals surface area contributed by atoms with E-state index in [1.165, 1.54) is 0 Å². The van der Waals surface area contributed by atoms with Crippen LogP contribution in [0.25, 0.3) is 5.82 Å². The second-order valence-electron chi connectivity index (χ2n) is 5.52. The summed E-state index contributed by atoms with van der Waals surface area (Å²) in [4.78, 5) is 8.96. The minimum atomic E-state index is 0.00835. The van der Waals surface area contributed by atoms with Crippen molar-refractivity contribution in [1.82, 2.24) is 14.5 Å². The minimum Gasteiger partial charge on any atom is -0.326 e. The van der Waals surface area contributed by atoms with E-state index in [-0.39, 0.29) is 5.41 Å². The Balaban J connectivity index is 2.58. The van der Waals surface area contributed by atoms with Crippen molar-refractivity contribution in [3.63, 3.8) is 0 Å². The number of hydrogen-bond acceptors (Lipinski definition) is 3. The van der Waals surface area contributed by atoms with E-state index >= 15 is 0 Å². The first-order valence-corrected chi connectivity index (χ1v) is 6.13. The molecule has 2 rings (SSSR count). The van der Waals surface area contributed by atoms with Crippen LogP contribution in [-0.4, -0.2) is 14.5 Å². The number of nitrogens with two attached hydrogens (primary N) is 1. The van der Waals surface area contributed by atoms with Crippen molar-refractivity contribution in [1.29, 1.82) is 0 Å². The molecular formula is C14H20N4. The summed E-state index contributed by atoms with van der Waals surface area (Å²) in [5.41, 5.74) is 7.92. The smallest absolute Gasteiger partial charge is 0.138 e. The molecule has 0 unspecified atom stereocenters. The summed E-state index contributed by atoms with van der Waals surface area (Å²) < 4.78 is 1.98. The summed E-state index contributed by atoms with van der Waals surface area (Å²) in [5.74, 6) is 1.81. The van der Waals surface area contributed by atoms with Gasteiger partial charge in [0.25, 0.3) is 0 Å². The summed E-state index contributed by atoms with van der Waals surface area (Å²) in [7, 11) is 0. The SMILES string of the molecule is Cc1nccn1-c1cc(CN)cc(C(C)(C)C)n1. The number of aryl methyl sites for hydroxylation is 1. The van der Waals surface area contributed by atoms with E-state index in [1.54, 1.807) is 6.20 Å². The first kappa shape index (κ1) is 12.8. The van der Waals surface area contributed by atoms with E-state index in [4.69, 9.17) is 10.7 Å². The van der Waals surface area contributed by atoms with Crippen LogP contribution in [0.2, 0.25) is 0 Å². The first-order chi connectivity index (χ1) is 8.41. The van der Waals surface area contributed by atoms with E-state index in [0.717, 1.165) is 22.9 Å². The zero-order chi connectivity index (χ0) is 13.3. The predicted molar refractivity (Wildman–Crippen MR) is 72.7 cm³/mol. The molecule has 0 atom stereocenters. The highest BCUT2D eigenvalue weighted by atomic mass is 15.1. The van der Waals surface area contributed by atoms with Gasteiger partial charge in [0, 0.05) is 30.0 Å². The Morgan fingerprint density at radius 1 is 1.28 bits per heavy atom. The summed E-state index contributed by atoms with van der Waals surface area (Å²) in [6.07, 6.45) is 3.70. The normalized spacial score (nSPS) is 11.8. The van der Waals surface area contributed by atoms with E-state index in [1.807, 2.05) is 23.8 Å². The van der Waals surface area contributed by atoms with Gasteiger partial charge in [-0.25, -0.2) is 9.97 Å². The Morgan fingerprint density at radius 2 is 2.00 bits per heavy atom. The molecular weight excluding hydrogens is 224 g/mol. The molecule has 2 heterocycles. The lowest BCUT2D eigenvalue weighted by molar-refractivity contribution is 0.565. The van der Waals surface area contributed by atoms with Crippen molar-refractivity contribution in [2.24, 2.45) is 5.73 Å². The van der Waals surface area contributed by atoms with Gasteiger partial charge in [0.2, 0.25) is 0 Å². The minimum absolute atomic E-state index is 0.00835. The van der Waals surface area contributed by atoms with Crippen molar-refractivity contribution in [2.45, 2.75) is 39.7 Å². The molecule has 2 N–H and O–H groups in total. The largest absolute Gasteiger partial charge is 0.326 e. The fourth-order valence-electron chi connectivity index (χ4n) is 1.82. The lowest BCUT2D eigenvalue weighted by atomic mass is 9.91. The molecule has 0 aliphatic carbocycles. The average molecular weight is 244 g/mol. The average Bonchev–Trinajstić information content (AvgIpc) is 2.73. The third-order valence-electron chi connectivity index (χ3n) is 2.95. The predicted octanol–water partition coefficient (Wildman–Crippen LogP) is 2.33. The highest BCUT2D eigenvalue weighted by Gasteiger charge is 2.17. The molecule has 0 amide bonds. The van der Waals surface area contributed by atoms with Gasteiger partial charge in [-0.3, -0.25) is 4.57 Å². The van der Waals surface area contributed by atoms with Crippen LogP contribution >= 0.6 is 0 Å². The summed E-state index contributed by atoms with van der Waals surface area (Å²) >= 11 is 0. The van der Waals surface area contributed by atoms with E-state index in [9.17, 15) is 0 Å². The quantitative estimate of drug-likeness (QED) is 0.882. The molecule has 2 aromatic heterocycles. The van der Waals surface area contributed by atoms with Gasteiger partial charge < -0.3 is 5.73 Å². The van der Waals surface area contributed by atoms with Gasteiger partial charge in [0.1, 0.15) is 11.6 Å². The summed E-state index contributed by atoms with van der Waals surface area (Å²) in [6, 6.07) is 4.10. The maximum atomic E-state index is 5.77. The van der Waals surface area contributed by atoms with Crippen LogP contribution < -0.4 is 5.73 Å². The van der Waals surface area contributed by atoms with Gasteiger partial charge in [-0.05, 0) is 24.6 Å². The summed E-state index contributed by atoms with van der Waals surface area (Å²) in [6.45, 7) is 8.94. The maximum absolute atomic E-state index is 5.77. The molecule has 0 bridgehead atoms. The second-order valence-corrected chi connectivity index (χ2v) is 5.52. The second kappa shape index (κ2) is 4.53. The van der Waals surface area contributed by atoms with E-state index in [0.29, 0.717) is 6.54 Å².